The molecule has 23 nitrogen and oxygen atoms in total. The van der Waals surface area contributed by atoms with Gasteiger partial charge in [-0.3, -0.25) is 0 Å². The number of carbonyl (C=O) groups is 3. The number of carboxylic acids is 1. The topological polar surface area (TPSA) is 368 Å². The summed E-state index contributed by atoms with van der Waals surface area (Å²) in [5, 5.41) is 134. The summed E-state index contributed by atoms with van der Waals surface area (Å²) in [5.41, 5.74) is -4.40. The minimum atomic E-state index is -2.13. The fourth-order valence-electron chi connectivity index (χ4n) is 16.2. The molecule has 26 atom stereocenters. The Kier molecular flexibility index (Phi) is 17.9. The van der Waals surface area contributed by atoms with E-state index in [4.69, 9.17) is 37.9 Å². The Morgan fingerprint density at radius 2 is 1.18 bits per heavy atom. The normalized spacial score (nSPS) is 49.0. The number of aliphatic hydroxyl groups excluding tert-OH is 11. The highest BCUT2D eigenvalue weighted by atomic mass is 16.8. The number of rotatable bonds is 14. The van der Waals surface area contributed by atoms with E-state index in [1.54, 1.807) is 39.8 Å². The minimum Gasteiger partial charge on any atom is -0.479 e. The largest absolute Gasteiger partial charge is 0.479 e. The molecule has 3 aliphatic heterocycles. The van der Waals surface area contributed by atoms with Gasteiger partial charge in [-0.2, -0.15) is 0 Å². The molecular weight excluding hydrogens is 1050 g/mol. The Hall–Kier alpha value is -3.05. The maximum absolute atomic E-state index is 13.9. The van der Waals surface area contributed by atoms with E-state index in [0.29, 0.717) is 37.7 Å². The van der Waals surface area contributed by atoms with Gasteiger partial charge in [0.15, 0.2) is 31.1 Å². The van der Waals surface area contributed by atoms with Crippen molar-refractivity contribution in [1.82, 2.24) is 0 Å². The van der Waals surface area contributed by atoms with Gasteiger partial charge in [0.2, 0.25) is 0 Å². The van der Waals surface area contributed by atoms with Gasteiger partial charge in [-0.05, 0) is 100 Å². The Bertz CT molecular complexity index is 2390. The maximum atomic E-state index is 13.9. The number of hydrogen-bond donors (Lipinski definition) is 12. The monoisotopic (exact) mass is 1140 g/mol. The van der Waals surface area contributed by atoms with Gasteiger partial charge in [-0.15, -0.1) is 0 Å². The predicted octanol–water partition coefficient (Wildman–Crippen LogP) is 0.263. The number of allylic oxidation sites excluding steroid dienone is 3. The van der Waals surface area contributed by atoms with E-state index in [-0.39, 0.29) is 23.8 Å². The van der Waals surface area contributed by atoms with E-state index >= 15 is 0 Å². The molecule has 8 aliphatic rings. The highest BCUT2D eigenvalue weighted by Gasteiger charge is 2.76. The molecule has 0 bridgehead atoms. The van der Waals surface area contributed by atoms with Gasteiger partial charge in [0, 0.05) is 22.0 Å². The van der Waals surface area contributed by atoms with Gasteiger partial charge in [-0.1, -0.05) is 72.3 Å². The number of carboxylic acid groups (broad SMARTS) is 1. The first-order valence-corrected chi connectivity index (χ1v) is 28.1. The van der Waals surface area contributed by atoms with Gasteiger partial charge in [0.1, 0.15) is 67.1 Å². The van der Waals surface area contributed by atoms with Crippen LogP contribution in [0.5, 0.6) is 0 Å². The van der Waals surface area contributed by atoms with Crippen LogP contribution in [-0.2, 0) is 52.3 Å². The van der Waals surface area contributed by atoms with Crippen LogP contribution in [0.4, 0.5) is 0 Å². The van der Waals surface area contributed by atoms with Gasteiger partial charge >= 0.3 is 17.9 Å². The van der Waals surface area contributed by atoms with Crippen LogP contribution < -0.4 is 0 Å². The van der Waals surface area contributed by atoms with E-state index in [9.17, 15) is 75.7 Å². The summed E-state index contributed by atoms with van der Waals surface area (Å²) in [4.78, 5) is 40.3. The molecule has 4 saturated carbocycles. The molecule has 0 radical (unpaired) electrons. The summed E-state index contributed by atoms with van der Waals surface area (Å²) in [6.07, 6.45) is -24.0. The van der Waals surface area contributed by atoms with Gasteiger partial charge in [-0.25, -0.2) is 14.4 Å². The summed E-state index contributed by atoms with van der Waals surface area (Å²) >= 11 is 0. The Labute approximate surface area is 466 Å². The Morgan fingerprint density at radius 1 is 0.637 bits per heavy atom. The van der Waals surface area contributed by atoms with Crippen LogP contribution in [0.3, 0.4) is 0 Å². The van der Waals surface area contributed by atoms with Crippen molar-refractivity contribution in [3.63, 3.8) is 0 Å². The van der Waals surface area contributed by atoms with Crippen molar-refractivity contribution in [3.05, 3.63) is 34.9 Å². The molecule has 12 N–H and O–H groups in total. The third kappa shape index (κ3) is 9.76. The molecule has 0 spiro atoms. The van der Waals surface area contributed by atoms with Crippen molar-refractivity contribution < 1.29 is 114 Å². The molecule has 80 heavy (non-hydrogen) atoms. The van der Waals surface area contributed by atoms with Crippen LogP contribution in [0.1, 0.15) is 115 Å². The van der Waals surface area contributed by atoms with Crippen LogP contribution in [0, 0.1) is 50.2 Å². The summed E-state index contributed by atoms with van der Waals surface area (Å²) in [6, 6.07) is 0. The zero-order valence-corrected chi connectivity index (χ0v) is 47.7. The van der Waals surface area contributed by atoms with Crippen LogP contribution in [0.25, 0.3) is 0 Å². The quantitative estimate of drug-likeness (QED) is 0.0480. The standard InChI is InChI=1S/C57H88O23/c1-12-24(3)47(71)79-44-45(80-48(72)25(4)13-2)57(23-60)27(20-52(44,5)6)26-14-15-31-54(9)18-17-32(53(7,8)30(54)16-19-55(31,10)56(26,11)42(67)43(57)68)75-51-41(78-50-37(65)35(63)33(61)28(21-58)73-50)39(38(66)40(77-51)46(69)70)76-49-36(64)34(62)29(22-59)74-49/h12-14,27-45,49-51,58-68H,15-23H2,1-11H3,(H,69,70)/b24-12-,25-13-/t27?,28?,29?,30?,31?,32-,33?,34?,35?,36?,37?,38?,39+,40?,41?,42?,43?,44?,45?,49+,50?,51?,54?,55?,56?,57?/m1/s1. The van der Waals surface area contributed by atoms with Crippen LogP contribution in [0.15, 0.2) is 34.9 Å². The van der Waals surface area contributed by atoms with Gasteiger partial charge in [0.25, 0.3) is 0 Å². The first-order valence-electron chi connectivity index (χ1n) is 28.1. The second-order valence-corrected chi connectivity index (χ2v) is 26.0. The molecule has 8 rings (SSSR count). The number of esters is 2. The lowest BCUT2D eigenvalue weighted by atomic mass is 9.32. The average Bonchev–Trinajstić information content (AvgIpc) is 3.72. The second-order valence-electron chi connectivity index (χ2n) is 26.0. The van der Waals surface area contributed by atoms with E-state index in [2.05, 4.69) is 19.9 Å². The highest BCUT2D eigenvalue weighted by molar-refractivity contribution is 5.89. The molecule has 5 aliphatic carbocycles. The zero-order chi connectivity index (χ0) is 59.3. The smallest absolute Gasteiger partial charge is 0.335 e. The van der Waals surface area contributed by atoms with Crippen molar-refractivity contribution in [3.8, 4) is 0 Å². The van der Waals surface area contributed by atoms with Crippen molar-refractivity contribution >= 4 is 17.9 Å². The lowest BCUT2D eigenvalue weighted by Crippen LogP contribution is -2.76. The van der Waals surface area contributed by atoms with Gasteiger partial charge < -0.3 is 99.2 Å². The molecule has 23 heteroatoms. The minimum absolute atomic E-state index is 0.153. The SMILES string of the molecule is C/C=C(/C)C(=O)OC1C(OC(=O)/C(C)=C\C)C2(CO)C(CC1(C)C)C1=CCC3C4(C)CC[C@@H](OC5OC(C(=O)O)C(O)[C@H](O[C@@H]6OC(CO)C(O)C6O)C5OC5OC(CO)C(O)C(O)C5O)C(C)(C)C4CCC3(C)C1(C)C(O)C2O. The molecule has 3 saturated heterocycles. The van der Waals surface area contributed by atoms with Crippen LogP contribution >= 0.6 is 0 Å². The van der Waals surface area contributed by atoms with Crippen molar-refractivity contribution in [2.24, 2.45) is 50.2 Å². The molecule has 3 heterocycles. The van der Waals surface area contributed by atoms with Crippen molar-refractivity contribution in [2.45, 2.75) is 231 Å². The highest BCUT2D eigenvalue weighted by Crippen LogP contribution is 2.76. The third-order valence-corrected chi connectivity index (χ3v) is 21.4. The van der Waals surface area contributed by atoms with Gasteiger partial charge in [0.05, 0.1) is 43.5 Å². The van der Waals surface area contributed by atoms with Crippen molar-refractivity contribution in [2.75, 3.05) is 19.8 Å². The van der Waals surface area contributed by atoms with Crippen molar-refractivity contribution in [1.29, 1.82) is 0 Å². The summed E-state index contributed by atoms with van der Waals surface area (Å²) in [7, 11) is 0. The Balaban J connectivity index is 1.14. The van der Waals surface area contributed by atoms with E-state index in [0.717, 1.165) is 5.57 Å². The summed E-state index contributed by atoms with van der Waals surface area (Å²) < 4.78 is 49.0. The van der Waals surface area contributed by atoms with E-state index in [1.165, 1.54) is 0 Å². The number of aliphatic carboxylic acids is 1. The first kappa shape index (κ1) is 63.0. The van der Waals surface area contributed by atoms with Crippen LogP contribution in [0.2, 0.25) is 0 Å². The fourth-order valence-corrected chi connectivity index (χ4v) is 16.2. The number of carbonyl (C=O) groups excluding carboxylic acids is 2. The van der Waals surface area contributed by atoms with Crippen LogP contribution in [-0.4, -0.2) is 216 Å². The maximum Gasteiger partial charge on any atom is 0.335 e. The summed E-state index contributed by atoms with van der Waals surface area (Å²) in [5.74, 6) is -4.01. The first-order chi connectivity index (χ1) is 37.3. The zero-order valence-electron chi connectivity index (χ0n) is 47.7. The molecule has 0 aromatic rings. The Morgan fingerprint density at radius 3 is 1.71 bits per heavy atom. The number of fused-ring (bicyclic) bond motifs is 7. The molecule has 454 valence electrons. The number of ether oxygens (including phenoxy) is 8. The second kappa shape index (κ2) is 22.7. The number of aliphatic hydroxyl groups is 11. The molecule has 7 fully saturated rings. The molecular formula is C57H88O23. The fraction of sp³-hybridized carbons (Fsp3) is 0.842. The predicted molar refractivity (Wildman–Crippen MR) is 277 cm³/mol. The molecule has 23 unspecified atom stereocenters. The summed E-state index contributed by atoms with van der Waals surface area (Å²) in [6.45, 7) is 18.4. The van der Waals surface area contributed by atoms with E-state index in [1.807, 2.05) is 34.6 Å². The lowest BCUT2D eigenvalue weighted by molar-refractivity contribution is -0.386. The third-order valence-electron chi connectivity index (χ3n) is 21.4. The molecule has 0 aromatic heterocycles. The van der Waals surface area contributed by atoms with E-state index < -0.39 is 193 Å². The lowest BCUT2D eigenvalue weighted by Gasteiger charge is -2.73. The molecule has 0 aromatic carbocycles. The molecule has 0 amide bonds. The average molecular weight is 1140 g/mol. The number of hydrogen-bond acceptors (Lipinski definition) is 22.